The van der Waals surface area contributed by atoms with Gasteiger partial charge in [-0.2, -0.15) is 0 Å². The highest BCUT2D eigenvalue weighted by molar-refractivity contribution is 8.00. The number of carbonyl (C=O) groups excluding carboxylic acids is 2. The minimum absolute atomic E-state index is 0.0709. The number of methoxy groups -OCH3 is 1. The van der Waals surface area contributed by atoms with Crippen molar-refractivity contribution in [1.82, 2.24) is 14.7 Å². The molecule has 0 saturated carbocycles. The van der Waals surface area contributed by atoms with Crippen LogP contribution in [0.2, 0.25) is 0 Å². The van der Waals surface area contributed by atoms with Gasteiger partial charge in [0.1, 0.15) is 5.75 Å². The first-order chi connectivity index (χ1) is 16.1. The lowest BCUT2D eigenvalue weighted by Gasteiger charge is -2.35. The summed E-state index contributed by atoms with van der Waals surface area (Å²) in [6.07, 6.45) is 3.18. The molecule has 0 bridgehead atoms. The van der Waals surface area contributed by atoms with Crippen LogP contribution < -0.4 is 4.74 Å². The molecule has 2 aromatic carbocycles. The number of rotatable bonds is 8. The molecule has 2 saturated heterocycles. The maximum Gasteiger partial charge on any atom is 0.255 e. The highest BCUT2D eigenvalue weighted by atomic mass is 32.2. The van der Waals surface area contributed by atoms with Gasteiger partial charge in [0.15, 0.2) is 0 Å². The molecule has 0 unspecified atom stereocenters. The zero-order chi connectivity index (χ0) is 23.0. The van der Waals surface area contributed by atoms with E-state index < -0.39 is 0 Å². The number of amides is 2. The number of likely N-dealkylation sites (tertiary alicyclic amines) is 1. The second kappa shape index (κ2) is 11.6. The molecule has 0 atom stereocenters. The number of benzene rings is 2. The molecule has 2 aliphatic heterocycles. The van der Waals surface area contributed by atoms with Gasteiger partial charge in [-0.25, -0.2) is 0 Å². The normalized spacial score (nSPS) is 16.8. The van der Waals surface area contributed by atoms with Gasteiger partial charge >= 0.3 is 0 Å². The number of piperazine rings is 1. The van der Waals surface area contributed by atoms with E-state index in [9.17, 15) is 9.59 Å². The maximum absolute atomic E-state index is 13.3. The third kappa shape index (κ3) is 6.30. The molecule has 176 valence electrons. The van der Waals surface area contributed by atoms with Gasteiger partial charge in [-0.3, -0.25) is 14.5 Å². The lowest BCUT2D eigenvalue weighted by molar-refractivity contribution is -0.127. The van der Waals surface area contributed by atoms with Crippen molar-refractivity contribution < 1.29 is 14.3 Å². The molecule has 2 aliphatic rings. The zero-order valence-electron chi connectivity index (χ0n) is 19.4. The molecule has 6 nitrogen and oxygen atoms in total. The second-order valence-electron chi connectivity index (χ2n) is 8.60. The summed E-state index contributed by atoms with van der Waals surface area (Å²) < 4.78 is 5.22. The first-order valence-electron chi connectivity index (χ1n) is 11.8. The fourth-order valence-corrected chi connectivity index (χ4v) is 5.34. The predicted molar refractivity (Wildman–Crippen MR) is 132 cm³/mol. The van der Waals surface area contributed by atoms with Crippen molar-refractivity contribution in [2.75, 3.05) is 58.7 Å². The number of nitrogens with zero attached hydrogens (tertiary/aromatic N) is 3. The predicted octanol–water partition coefficient (Wildman–Crippen LogP) is 3.41. The van der Waals surface area contributed by atoms with Gasteiger partial charge in [0.25, 0.3) is 5.91 Å². The zero-order valence-corrected chi connectivity index (χ0v) is 20.2. The summed E-state index contributed by atoms with van der Waals surface area (Å²) >= 11 is 1.49. The Morgan fingerprint density at radius 3 is 2.27 bits per heavy atom. The standard InChI is InChI=1S/C26H33N3O3S/c1-32-22-10-8-21(9-11-22)12-15-27-16-18-29(19-17-27)26(31)23-6-2-3-7-24(23)33-20-25(30)28-13-4-5-14-28/h2-3,6-11H,4-5,12-20H2,1H3. The summed E-state index contributed by atoms with van der Waals surface area (Å²) in [5.74, 6) is 1.51. The Morgan fingerprint density at radius 2 is 1.58 bits per heavy atom. The van der Waals surface area contributed by atoms with Crippen LogP contribution in [0, 0.1) is 0 Å². The van der Waals surface area contributed by atoms with E-state index in [1.807, 2.05) is 46.2 Å². The van der Waals surface area contributed by atoms with Crippen molar-refractivity contribution >= 4 is 23.6 Å². The molecule has 0 aromatic heterocycles. The third-order valence-corrected chi connectivity index (χ3v) is 7.52. The van der Waals surface area contributed by atoms with Gasteiger partial charge in [0.2, 0.25) is 5.91 Å². The van der Waals surface area contributed by atoms with Crippen LogP contribution in [-0.4, -0.2) is 85.2 Å². The summed E-state index contributed by atoms with van der Waals surface area (Å²) in [5.41, 5.74) is 2.01. The van der Waals surface area contributed by atoms with Crippen LogP contribution in [0.5, 0.6) is 5.75 Å². The van der Waals surface area contributed by atoms with E-state index in [4.69, 9.17) is 4.74 Å². The van der Waals surface area contributed by atoms with E-state index in [1.54, 1.807) is 7.11 Å². The minimum atomic E-state index is 0.0709. The Kier molecular flexibility index (Phi) is 8.29. The molecule has 2 fully saturated rings. The molecule has 33 heavy (non-hydrogen) atoms. The second-order valence-corrected chi connectivity index (χ2v) is 9.62. The van der Waals surface area contributed by atoms with E-state index in [2.05, 4.69) is 17.0 Å². The van der Waals surface area contributed by atoms with Crippen molar-refractivity contribution in [1.29, 1.82) is 0 Å². The molecule has 0 N–H and O–H groups in total. The van der Waals surface area contributed by atoms with E-state index in [0.29, 0.717) is 11.3 Å². The largest absolute Gasteiger partial charge is 0.497 e. The molecule has 2 heterocycles. The van der Waals surface area contributed by atoms with Crippen molar-refractivity contribution in [2.24, 2.45) is 0 Å². The van der Waals surface area contributed by atoms with Crippen molar-refractivity contribution in [3.8, 4) is 5.75 Å². The molecule has 4 rings (SSSR count). The fourth-order valence-electron chi connectivity index (χ4n) is 4.39. The van der Waals surface area contributed by atoms with Gasteiger partial charge < -0.3 is 14.5 Å². The minimum Gasteiger partial charge on any atom is -0.497 e. The van der Waals surface area contributed by atoms with Crippen LogP contribution in [0.15, 0.2) is 53.4 Å². The van der Waals surface area contributed by atoms with Crippen LogP contribution in [0.25, 0.3) is 0 Å². The lowest BCUT2D eigenvalue weighted by Crippen LogP contribution is -2.49. The molecular weight excluding hydrogens is 434 g/mol. The first-order valence-corrected chi connectivity index (χ1v) is 12.8. The number of hydrogen-bond acceptors (Lipinski definition) is 5. The van der Waals surface area contributed by atoms with Crippen LogP contribution in [0.1, 0.15) is 28.8 Å². The van der Waals surface area contributed by atoms with Crippen molar-refractivity contribution in [3.05, 3.63) is 59.7 Å². The Hall–Kier alpha value is -2.51. The van der Waals surface area contributed by atoms with Gasteiger partial charge in [0, 0.05) is 50.7 Å². The SMILES string of the molecule is COc1ccc(CCN2CCN(C(=O)c3ccccc3SCC(=O)N3CCCC3)CC2)cc1. The van der Waals surface area contributed by atoms with E-state index >= 15 is 0 Å². The van der Waals surface area contributed by atoms with Crippen LogP contribution in [-0.2, 0) is 11.2 Å². The topological polar surface area (TPSA) is 53.1 Å². The molecule has 2 amide bonds. The molecule has 0 aliphatic carbocycles. The number of ether oxygens (including phenoxy) is 1. The van der Waals surface area contributed by atoms with E-state index in [1.165, 1.54) is 17.3 Å². The Morgan fingerprint density at radius 1 is 0.879 bits per heavy atom. The average Bonchev–Trinajstić information content (AvgIpc) is 3.42. The van der Waals surface area contributed by atoms with E-state index in [0.717, 1.165) is 75.7 Å². The number of thioether (sulfide) groups is 1. The van der Waals surface area contributed by atoms with Gasteiger partial charge in [0.05, 0.1) is 18.4 Å². The van der Waals surface area contributed by atoms with Crippen molar-refractivity contribution in [2.45, 2.75) is 24.2 Å². The molecule has 0 spiro atoms. The average molecular weight is 468 g/mol. The summed E-state index contributed by atoms with van der Waals surface area (Å²) in [5, 5.41) is 0. The molecule has 2 aromatic rings. The Balaban J connectivity index is 1.27. The summed E-state index contributed by atoms with van der Waals surface area (Å²) in [7, 11) is 1.68. The van der Waals surface area contributed by atoms with Crippen molar-refractivity contribution in [3.63, 3.8) is 0 Å². The summed E-state index contributed by atoms with van der Waals surface area (Å²) in [6, 6.07) is 15.9. The van der Waals surface area contributed by atoms with E-state index in [-0.39, 0.29) is 11.8 Å². The molecule has 7 heteroatoms. The summed E-state index contributed by atoms with van der Waals surface area (Å²) in [4.78, 5) is 32.9. The maximum atomic E-state index is 13.3. The van der Waals surface area contributed by atoms with Gasteiger partial charge in [-0.15, -0.1) is 11.8 Å². The monoisotopic (exact) mass is 467 g/mol. The number of carbonyl (C=O) groups is 2. The highest BCUT2D eigenvalue weighted by Gasteiger charge is 2.24. The van der Waals surface area contributed by atoms with Gasteiger partial charge in [-0.05, 0) is 49.1 Å². The van der Waals surface area contributed by atoms with Crippen LogP contribution >= 0.6 is 11.8 Å². The number of hydrogen-bond donors (Lipinski definition) is 0. The van der Waals surface area contributed by atoms with Crippen LogP contribution in [0.3, 0.4) is 0 Å². The van der Waals surface area contributed by atoms with Crippen LogP contribution in [0.4, 0.5) is 0 Å². The Labute approximate surface area is 200 Å². The third-order valence-electron chi connectivity index (χ3n) is 6.46. The van der Waals surface area contributed by atoms with Gasteiger partial charge in [-0.1, -0.05) is 24.3 Å². The fraction of sp³-hybridized carbons (Fsp3) is 0.462. The lowest BCUT2D eigenvalue weighted by atomic mass is 10.1. The summed E-state index contributed by atoms with van der Waals surface area (Å²) in [6.45, 7) is 5.93. The quantitative estimate of drug-likeness (QED) is 0.557. The highest BCUT2D eigenvalue weighted by Crippen LogP contribution is 2.25. The first kappa shape index (κ1) is 23.6. The Bertz CT molecular complexity index is 936. The molecule has 0 radical (unpaired) electrons. The molecular formula is C26H33N3O3S. The smallest absolute Gasteiger partial charge is 0.255 e.